The molecule has 0 fully saturated rings. The van der Waals surface area contributed by atoms with Gasteiger partial charge in [0.15, 0.2) is 5.60 Å². The van der Waals surface area contributed by atoms with Gasteiger partial charge < -0.3 is 40.2 Å². The van der Waals surface area contributed by atoms with E-state index in [4.69, 9.17) is 20.4 Å². The van der Waals surface area contributed by atoms with Gasteiger partial charge in [0.2, 0.25) is 0 Å². The first-order valence-corrected chi connectivity index (χ1v) is 21.1. The fourth-order valence-corrected chi connectivity index (χ4v) is 6.00. The molecule has 0 amide bonds. The van der Waals surface area contributed by atoms with Crippen molar-refractivity contribution >= 4 is 52.9 Å². The van der Waals surface area contributed by atoms with Crippen molar-refractivity contribution in [2.24, 2.45) is 0 Å². The number of unbranched alkanes of at least 4 members (excludes halogenated alkanes) is 28. The summed E-state index contributed by atoms with van der Waals surface area (Å²) in [5.41, 5.74) is -2.74. The van der Waals surface area contributed by atoms with Gasteiger partial charge in [0.25, 0.3) is 0 Å². The molecule has 12 heteroatoms. The number of aliphatic carboxylic acids is 5. The van der Waals surface area contributed by atoms with Crippen molar-refractivity contribution in [1.29, 1.82) is 0 Å². The van der Waals surface area contributed by atoms with Crippen LogP contribution in [-0.2, 0) is 24.0 Å². The van der Waals surface area contributed by atoms with Gasteiger partial charge in [-0.2, -0.15) is 0 Å². The molecule has 0 aromatic heterocycles. The van der Waals surface area contributed by atoms with Crippen molar-refractivity contribution in [2.45, 2.75) is 238 Å². The van der Waals surface area contributed by atoms with Crippen molar-refractivity contribution in [3.05, 3.63) is 0 Å². The fraction of sp³-hybridized carbons (Fsp3) is 0.881. The molecule has 4 N–H and O–H groups in total. The number of aliphatic hydroxyl groups is 1. The van der Waals surface area contributed by atoms with Crippen molar-refractivity contribution in [3.8, 4) is 0 Å². The van der Waals surface area contributed by atoms with Crippen molar-refractivity contribution < 1.29 is 54.6 Å². The van der Waals surface area contributed by atoms with E-state index >= 15 is 0 Å². The first kappa shape index (κ1) is 58.8. The van der Waals surface area contributed by atoms with Gasteiger partial charge in [0.1, 0.15) is 0 Å². The topological polar surface area (TPSA) is 212 Å². The monoisotopic (exact) mass is 783 g/mol. The van der Waals surface area contributed by atoms with E-state index in [1.807, 2.05) is 0 Å². The Bertz CT molecular complexity index is 822. The minimum Gasteiger partial charge on any atom is -0.550 e. The summed E-state index contributed by atoms with van der Waals surface area (Å²) in [6, 6.07) is 0. The normalized spacial score (nSPS) is 10.6. The van der Waals surface area contributed by atoms with E-state index in [2.05, 4.69) is 13.8 Å². The summed E-state index contributed by atoms with van der Waals surface area (Å²) in [4.78, 5) is 50.9. The second kappa shape index (κ2) is 45.5. The molecule has 0 aliphatic carbocycles. The van der Waals surface area contributed by atoms with Crippen LogP contribution < -0.4 is 10.2 Å². The molecule has 0 saturated heterocycles. The van der Waals surface area contributed by atoms with E-state index < -0.39 is 48.3 Å². The summed E-state index contributed by atoms with van der Waals surface area (Å²) < 4.78 is 0. The summed E-state index contributed by atoms with van der Waals surface area (Å²) in [5.74, 6) is -6.83. The third-order valence-electron chi connectivity index (χ3n) is 9.25. The van der Waals surface area contributed by atoms with Gasteiger partial charge in [-0.3, -0.25) is 9.59 Å². The minimum atomic E-state index is -2.74. The fourth-order valence-electron chi connectivity index (χ4n) is 6.00. The van der Waals surface area contributed by atoms with Gasteiger partial charge >= 0.3 is 41.0 Å². The molecule has 54 heavy (non-hydrogen) atoms. The summed E-state index contributed by atoms with van der Waals surface area (Å²) in [5, 5.41) is 54.3. The zero-order chi connectivity index (χ0) is 40.4. The molecule has 0 aromatic carbocycles. The minimum absolute atomic E-state index is 0. The van der Waals surface area contributed by atoms with Crippen LogP contribution in [0.25, 0.3) is 0 Å². The Morgan fingerprint density at radius 1 is 0.389 bits per heavy atom. The van der Waals surface area contributed by atoms with E-state index in [-0.39, 0.29) is 35.9 Å². The van der Waals surface area contributed by atoms with Crippen molar-refractivity contribution in [3.63, 3.8) is 0 Å². The molecule has 0 aliphatic rings. The SMILES string of the molecule is CCCCCCCCCCCCCCCCCC(=O)[O-].CCCCCCCCCCCCCCCCCC(=O)[O-].O=C(O)CC(O)(CC(=O)O)C(=O)O.[Mg+2]. The maximum absolute atomic E-state index is 10.3. The van der Waals surface area contributed by atoms with Crippen LogP contribution in [0.15, 0.2) is 0 Å². The molecule has 0 aromatic rings. The maximum Gasteiger partial charge on any atom is 2.00 e. The predicted molar refractivity (Wildman–Crippen MR) is 212 cm³/mol. The third kappa shape index (κ3) is 52.2. The van der Waals surface area contributed by atoms with Gasteiger partial charge in [0, 0.05) is 11.9 Å². The zero-order valence-corrected chi connectivity index (χ0v) is 35.8. The summed E-state index contributed by atoms with van der Waals surface area (Å²) >= 11 is 0. The van der Waals surface area contributed by atoms with E-state index in [1.54, 1.807) is 0 Å². The van der Waals surface area contributed by atoms with Crippen LogP contribution in [0.1, 0.15) is 232 Å². The van der Waals surface area contributed by atoms with Gasteiger partial charge in [-0.1, -0.05) is 194 Å². The third-order valence-corrected chi connectivity index (χ3v) is 9.25. The average molecular weight is 783 g/mol. The van der Waals surface area contributed by atoms with E-state index in [0.717, 1.165) is 25.7 Å². The number of hydrogen-bond donors (Lipinski definition) is 4. The van der Waals surface area contributed by atoms with Crippen LogP contribution >= 0.6 is 0 Å². The number of carbonyl (C=O) groups is 5. The number of rotatable bonds is 37. The molecule has 0 radical (unpaired) electrons. The molecule has 0 atom stereocenters. The summed E-state index contributed by atoms with van der Waals surface area (Å²) in [6.07, 6.45) is 37.4. The Labute approximate surface area is 344 Å². The van der Waals surface area contributed by atoms with E-state index in [1.165, 1.54) is 167 Å². The van der Waals surface area contributed by atoms with Gasteiger partial charge in [-0.05, 0) is 25.7 Å². The summed E-state index contributed by atoms with van der Waals surface area (Å²) in [7, 11) is 0. The summed E-state index contributed by atoms with van der Waals surface area (Å²) in [6.45, 7) is 4.53. The number of carboxylic acids is 5. The van der Waals surface area contributed by atoms with Crippen LogP contribution in [0.5, 0.6) is 0 Å². The van der Waals surface area contributed by atoms with Gasteiger partial charge in [0.05, 0.1) is 12.8 Å². The van der Waals surface area contributed by atoms with Crippen molar-refractivity contribution in [1.82, 2.24) is 0 Å². The Morgan fingerprint density at radius 3 is 0.722 bits per heavy atom. The predicted octanol–water partition coefficient (Wildman–Crippen LogP) is 8.37. The Kier molecular flexibility index (Phi) is 49.5. The van der Waals surface area contributed by atoms with Crippen LogP contribution in [-0.4, -0.2) is 78.9 Å². The molecule has 0 spiro atoms. The largest absolute Gasteiger partial charge is 2.00 e. The zero-order valence-electron chi connectivity index (χ0n) is 34.4. The van der Waals surface area contributed by atoms with Crippen molar-refractivity contribution in [2.75, 3.05) is 0 Å². The number of carbonyl (C=O) groups excluding carboxylic acids is 2. The second-order valence-corrected chi connectivity index (χ2v) is 14.6. The van der Waals surface area contributed by atoms with Crippen LogP contribution in [0.2, 0.25) is 0 Å². The molecule has 0 heterocycles. The number of hydrogen-bond acceptors (Lipinski definition) is 8. The van der Waals surface area contributed by atoms with Gasteiger partial charge in [-0.25, -0.2) is 4.79 Å². The Balaban J connectivity index is -0.000000353. The molecular weight excluding hydrogens is 705 g/mol. The average Bonchev–Trinajstić information content (AvgIpc) is 3.08. The molecule has 0 rings (SSSR count). The standard InChI is InChI=1S/2C18H36O2.C6H8O7.Mg/c2*1-2-3-4-5-6-7-8-9-10-11-12-13-14-15-16-17-18(19)20;7-3(8)1-6(13,5(11)12)2-4(9)10;/h2*2-17H2,1H3,(H,19,20);13H,1-2H2,(H,7,8)(H,9,10)(H,11,12);/q;;;+2/p-2. The van der Waals surface area contributed by atoms with Crippen LogP contribution in [0, 0.1) is 0 Å². The smallest absolute Gasteiger partial charge is 0.550 e. The molecule has 11 nitrogen and oxygen atoms in total. The first-order chi connectivity index (χ1) is 25.3. The number of carboxylic acid groups (broad SMARTS) is 5. The van der Waals surface area contributed by atoms with Crippen LogP contribution in [0.4, 0.5) is 0 Å². The second-order valence-electron chi connectivity index (χ2n) is 14.6. The quantitative estimate of drug-likeness (QED) is 0.0347. The Morgan fingerprint density at radius 2 is 0.574 bits per heavy atom. The molecule has 0 aliphatic heterocycles. The molecule has 0 unspecified atom stereocenters. The molecule has 0 saturated carbocycles. The maximum atomic E-state index is 10.3. The van der Waals surface area contributed by atoms with E-state index in [9.17, 15) is 34.2 Å². The molecule has 314 valence electrons. The Hall–Kier alpha value is -1.92. The van der Waals surface area contributed by atoms with Crippen LogP contribution in [0.3, 0.4) is 0 Å². The first-order valence-electron chi connectivity index (χ1n) is 21.1. The molecular formula is C42H78MgO11. The van der Waals surface area contributed by atoms with E-state index in [0.29, 0.717) is 0 Å². The van der Waals surface area contributed by atoms with Gasteiger partial charge in [-0.15, -0.1) is 0 Å². The molecule has 0 bridgehead atoms.